The number of ether oxygens (including phenoxy) is 1. The molecule has 0 spiro atoms. The van der Waals surface area contributed by atoms with Crippen molar-refractivity contribution in [1.82, 2.24) is 0 Å². The summed E-state index contributed by atoms with van der Waals surface area (Å²) in [6, 6.07) is 0. The molecule has 64 valence electrons. The predicted octanol–water partition coefficient (Wildman–Crippen LogP) is -0.808. The van der Waals surface area contributed by atoms with Gasteiger partial charge in [-0.05, 0) is 0 Å². The first kappa shape index (κ1) is 12.8. The van der Waals surface area contributed by atoms with Gasteiger partial charge < -0.3 is 10.3 Å². The van der Waals surface area contributed by atoms with Crippen LogP contribution in [0.2, 0.25) is 0 Å². The Kier molecular flexibility index (Phi) is 10.6. The van der Waals surface area contributed by atoms with Crippen LogP contribution < -0.4 is 0 Å². The molecular formula is C3H6N2O4S2. The molecule has 0 N–H and O–H groups in total. The number of rotatable bonds is 1. The van der Waals surface area contributed by atoms with Gasteiger partial charge >= 0.3 is 6.08 Å². The van der Waals surface area contributed by atoms with Gasteiger partial charge in [0.1, 0.15) is 0 Å². The Morgan fingerprint density at radius 3 is 2.18 bits per heavy atom. The Labute approximate surface area is 71.3 Å². The van der Waals surface area contributed by atoms with Crippen molar-refractivity contribution in [2.75, 3.05) is 13.4 Å². The van der Waals surface area contributed by atoms with Gasteiger partial charge in [-0.1, -0.05) is 4.79 Å². The summed E-state index contributed by atoms with van der Waals surface area (Å²) in [4.78, 5) is 2.53. The molecule has 6 nitrogen and oxygen atoms in total. The zero-order valence-corrected chi connectivity index (χ0v) is 7.48. The molecule has 1 atom stereocenters. The third-order valence-electron chi connectivity index (χ3n) is 0.445. The molecule has 0 amide bonds. The molecule has 0 saturated heterocycles. The van der Waals surface area contributed by atoms with Gasteiger partial charge in [-0.2, -0.15) is 4.21 Å². The average Bonchev–Trinajstić information content (AvgIpc) is 2.03. The van der Waals surface area contributed by atoms with E-state index < -0.39 is 17.2 Å². The van der Waals surface area contributed by atoms with Gasteiger partial charge in [0.2, 0.25) is 11.1 Å². The van der Waals surface area contributed by atoms with Gasteiger partial charge in [-0.15, -0.1) is 0 Å². The van der Waals surface area contributed by atoms with Crippen LogP contribution in [0.3, 0.4) is 0 Å². The summed E-state index contributed by atoms with van der Waals surface area (Å²) in [6.45, 7) is 0. The highest BCUT2D eigenvalue weighted by molar-refractivity contribution is 7.79. The highest BCUT2D eigenvalue weighted by Crippen LogP contribution is 1.80. The predicted molar refractivity (Wildman–Crippen MR) is 38.9 cm³/mol. The second-order valence-electron chi connectivity index (χ2n) is 1.05. The van der Waals surface area contributed by atoms with Gasteiger partial charge in [0, 0.05) is 6.26 Å². The smallest absolute Gasteiger partial charge is 0.404 e. The van der Waals surface area contributed by atoms with E-state index in [1.54, 1.807) is 0 Å². The van der Waals surface area contributed by atoms with Gasteiger partial charge in [0.15, 0.2) is 12.5 Å². The molecule has 1 unspecified atom stereocenters. The lowest BCUT2D eigenvalue weighted by atomic mass is 11.3. The number of hydrogen-bond donors (Lipinski definition) is 0. The molecule has 0 aliphatic heterocycles. The van der Waals surface area contributed by atoms with E-state index in [1.165, 1.54) is 13.4 Å². The highest BCUT2D eigenvalue weighted by Gasteiger charge is 2.09. The summed E-state index contributed by atoms with van der Waals surface area (Å²) in [5.74, 6) is 0. The van der Waals surface area contributed by atoms with Crippen molar-refractivity contribution in [2.24, 2.45) is 0 Å². The van der Waals surface area contributed by atoms with Crippen molar-refractivity contribution in [3.8, 4) is 0 Å². The minimum Gasteiger partial charge on any atom is -0.404 e. The standard InChI is InChI=1S/C3H6N2O3S.OS/c1-7-3(5-4)8-9(2)6;1-2/h1-2H3;. The molecule has 0 fully saturated rings. The van der Waals surface area contributed by atoms with Crippen molar-refractivity contribution in [3.05, 3.63) is 5.53 Å². The summed E-state index contributed by atoms with van der Waals surface area (Å²) in [5.41, 5.74) is 7.98. The van der Waals surface area contributed by atoms with Gasteiger partial charge in [0.25, 0.3) is 0 Å². The molecule has 0 saturated carbocycles. The molecular weight excluding hydrogens is 192 g/mol. The minimum absolute atomic E-state index is 0.407. The quantitative estimate of drug-likeness (QED) is 0.238. The van der Waals surface area contributed by atoms with Crippen molar-refractivity contribution in [1.29, 1.82) is 0 Å². The van der Waals surface area contributed by atoms with E-state index >= 15 is 0 Å². The lowest BCUT2D eigenvalue weighted by Crippen LogP contribution is -2.09. The molecule has 0 heterocycles. The molecule has 11 heavy (non-hydrogen) atoms. The van der Waals surface area contributed by atoms with E-state index in [9.17, 15) is 4.21 Å². The first-order chi connectivity index (χ1) is 5.20. The monoisotopic (exact) mass is 198 g/mol. The van der Waals surface area contributed by atoms with Crippen LogP contribution in [0.15, 0.2) is 0 Å². The molecule has 0 aromatic rings. The number of hydrogen-bond acceptors (Lipinski definition) is 5. The van der Waals surface area contributed by atoms with E-state index in [0.717, 1.165) is 0 Å². The normalized spacial score (nSPS) is 9.64. The van der Waals surface area contributed by atoms with Crippen molar-refractivity contribution >= 4 is 29.7 Å². The molecule has 0 aliphatic rings. The maximum absolute atomic E-state index is 10.2. The van der Waals surface area contributed by atoms with Crippen LogP contribution in [-0.2, 0) is 32.5 Å². The topological polar surface area (TPSA) is 89.0 Å². The fourth-order valence-electron chi connectivity index (χ4n) is 0.192. The van der Waals surface area contributed by atoms with Gasteiger partial charge in [0.05, 0.1) is 7.11 Å². The van der Waals surface area contributed by atoms with E-state index in [-0.39, 0.29) is 0 Å². The second kappa shape index (κ2) is 9.15. The lowest BCUT2D eigenvalue weighted by Gasteiger charge is -1.89. The van der Waals surface area contributed by atoms with E-state index in [0.29, 0.717) is 0 Å². The second-order valence-corrected chi connectivity index (χ2v) is 2.02. The van der Waals surface area contributed by atoms with Crippen molar-refractivity contribution in [3.63, 3.8) is 0 Å². The van der Waals surface area contributed by atoms with Crippen LogP contribution >= 0.6 is 0 Å². The zero-order chi connectivity index (χ0) is 9.28. The molecule has 8 heteroatoms. The van der Waals surface area contributed by atoms with Crippen molar-refractivity contribution in [2.45, 2.75) is 0 Å². The average molecular weight is 198 g/mol. The van der Waals surface area contributed by atoms with Crippen molar-refractivity contribution < 1.29 is 22.1 Å². The zero-order valence-electron chi connectivity index (χ0n) is 5.84. The maximum atomic E-state index is 10.2. The first-order valence-electron chi connectivity index (χ1n) is 2.15. The Morgan fingerprint density at radius 1 is 1.64 bits per heavy atom. The highest BCUT2D eigenvalue weighted by atomic mass is 32.2. The molecule has 0 aromatic heterocycles. The minimum atomic E-state index is -1.51. The Bertz CT molecular complexity index is 178. The van der Waals surface area contributed by atoms with Crippen LogP contribution in [0.25, 0.3) is 5.53 Å². The summed E-state index contributed by atoms with van der Waals surface area (Å²) in [5, 5.41) is 0. The third-order valence-corrected chi connectivity index (χ3v) is 0.822. The molecule has 0 rings (SSSR count). The Morgan fingerprint density at radius 2 is 2.09 bits per heavy atom. The van der Waals surface area contributed by atoms with Gasteiger partial charge in [-0.3, -0.25) is 4.18 Å². The largest absolute Gasteiger partial charge is 0.681 e. The fraction of sp³-hybridized carbons (Fsp3) is 0.667. The van der Waals surface area contributed by atoms with Crippen LogP contribution in [-0.4, -0.2) is 32.7 Å². The van der Waals surface area contributed by atoms with E-state index in [1.807, 2.05) is 0 Å². The fourth-order valence-corrected chi connectivity index (χ4v) is 0.494. The molecule has 0 radical (unpaired) electrons. The molecule has 0 aromatic carbocycles. The summed E-state index contributed by atoms with van der Waals surface area (Å²) >= 11 is 1.32. The van der Waals surface area contributed by atoms with Crippen LogP contribution in [0.1, 0.15) is 0 Å². The van der Waals surface area contributed by atoms with Crippen LogP contribution in [0.4, 0.5) is 0 Å². The molecule has 0 bridgehead atoms. The Balaban J connectivity index is 0. The van der Waals surface area contributed by atoms with Crippen LogP contribution in [0, 0.1) is 0 Å². The summed E-state index contributed by atoms with van der Waals surface area (Å²) in [6.07, 6.45) is 0.875. The Hall–Kier alpha value is -0.850. The maximum Gasteiger partial charge on any atom is 0.681 e. The first-order valence-corrected chi connectivity index (χ1v) is 3.96. The van der Waals surface area contributed by atoms with E-state index in [2.05, 4.69) is 26.2 Å². The van der Waals surface area contributed by atoms with Gasteiger partial charge in [-0.25, -0.2) is 4.21 Å². The lowest BCUT2D eigenvalue weighted by molar-refractivity contribution is -0.0631. The SMILES string of the molecule is COC(=[N+]=[N-])OS(C)=O.O=S. The third kappa shape index (κ3) is 9.15. The summed E-state index contributed by atoms with van der Waals surface area (Å²) < 4.78 is 26.6. The molecule has 0 aliphatic carbocycles. The number of nitrogens with zero attached hydrogens (tertiary/aromatic N) is 2. The van der Waals surface area contributed by atoms with E-state index in [4.69, 9.17) is 9.74 Å². The van der Waals surface area contributed by atoms with Crippen LogP contribution in [0.5, 0.6) is 0 Å². The number of methoxy groups -OCH3 is 1. The summed E-state index contributed by atoms with van der Waals surface area (Å²) in [7, 11) is 1.24.